The van der Waals surface area contributed by atoms with Crippen molar-refractivity contribution in [1.82, 2.24) is 29.7 Å². The highest BCUT2D eigenvalue weighted by Crippen LogP contribution is 2.26. The number of hydrogen-bond donors (Lipinski definition) is 2. The summed E-state index contributed by atoms with van der Waals surface area (Å²) < 4.78 is 35.2. The molecule has 0 bridgehead atoms. The quantitative estimate of drug-likeness (QED) is 0.386. The predicted octanol–water partition coefficient (Wildman–Crippen LogP) is 1.77. The Labute approximate surface area is 201 Å². The van der Waals surface area contributed by atoms with Crippen molar-refractivity contribution in [2.45, 2.75) is 31.6 Å². The van der Waals surface area contributed by atoms with Crippen LogP contribution in [0.15, 0.2) is 42.9 Å². The summed E-state index contributed by atoms with van der Waals surface area (Å²) in [5.74, 6) is -0.344. The molecule has 12 nitrogen and oxygen atoms in total. The molecule has 0 saturated heterocycles. The summed E-state index contributed by atoms with van der Waals surface area (Å²) in [5, 5.41) is 7.39. The maximum absolute atomic E-state index is 13.2. The summed E-state index contributed by atoms with van der Waals surface area (Å²) in [6.45, 7) is 2.91. The topological polar surface area (TPSA) is 168 Å². The minimum atomic E-state index is -4.01. The largest absolute Gasteiger partial charge is 0.481 e. The zero-order valence-corrected chi connectivity index (χ0v) is 20.2. The molecular formula is C20H23ClN8O4S. The molecule has 3 aromatic heterocycles. The van der Waals surface area contributed by atoms with Crippen LogP contribution in [0.25, 0.3) is 11.5 Å². The van der Waals surface area contributed by atoms with Gasteiger partial charge in [-0.15, -0.1) is 10.2 Å². The maximum Gasteiger partial charge on any atom is 0.239 e. The average Bonchev–Trinajstić information content (AvgIpc) is 3.19. The average molecular weight is 507 g/mol. The zero-order valence-electron chi connectivity index (χ0n) is 18.6. The number of carbonyl (C=O) groups excluding carboxylic acids is 1. The normalized spacial score (nSPS) is 13.5. The Morgan fingerprint density at radius 1 is 1.26 bits per heavy atom. The number of methoxy groups -OCH3 is 1. The van der Waals surface area contributed by atoms with E-state index in [4.69, 9.17) is 22.1 Å². The first-order valence-corrected chi connectivity index (χ1v) is 11.9. The molecule has 0 spiro atoms. The molecule has 0 aliphatic heterocycles. The Kier molecular flexibility index (Phi) is 7.79. The van der Waals surface area contributed by atoms with E-state index in [0.717, 1.165) is 12.3 Å². The summed E-state index contributed by atoms with van der Waals surface area (Å²) in [6.07, 6.45) is 5.04. The van der Waals surface area contributed by atoms with Crippen LogP contribution >= 0.6 is 11.6 Å². The first-order valence-electron chi connectivity index (χ1n) is 10.0. The van der Waals surface area contributed by atoms with Gasteiger partial charge < -0.3 is 10.5 Å². The van der Waals surface area contributed by atoms with E-state index in [1.165, 1.54) is 31.0 Å². The highest BCUT2D eigenvalue weighted by atomic mass is 35.5. The second-order valence-corrected chi connectivity index (χ2v) is 9.70. The number of nitrogens with two attached hydrogens (primary N) is 1. The third kappa shape index (κ3) is 5.66. The number of ketones is 1. The van der Waals surface area contributed by atoms with Gasteiger partial charge in [0, 0.05) is 24.4 Å². The van der Waals surface area contributed by atoms with Crippen LogP contribution < -0.4 is 15.2 Å². The number of rotatable bonds is 10. The fraction of sp³-hybridized carbons (Fsp3) is 0.300. The third-order valence-corrected chi connectivity index (χ3v) is 7.03. The smallest absolute Gasteiger partial charge is 0.239 e. The molecular weight excluding hydrogens is 484 g/mol. The molecule has 0 aliphatic rings. The number of nitrogens with zero attached hydrogens (tertiary/aromatic N) is 6. The Hall–Kier alpha value is -3.58. The first kappa shape index (κ1) is 25.1. The van der Waals surface area contributed by atoms with Crippen LogP contribution in [-0.2, 0) is 21.4 Å². The molecule has 14 heteroatoms. The van der Waals surface area contributed by atoms with Crippen molar-refractivity contribution >= 4 is 33.4 Å². The lowest BCUT2D eigenvalue weighted by molar-refractivity contribution is -0.115. The molecule has 0 aromatic carbocycles. The molecule has 0 unspecified atom stereocenters. The van der Waals surface area contributed by atoms with Crippen LogP contribution in [0.5, 0.6) is 5.88 Å². The third-order valence-electron chi connectivity index (χ3n) is 4.98. The molecule has 0 fully saturated rings. The van der Waals surface area contributed by atoms with Gasteiger partial charge >= 0.3 is 0 Å². The number of anilines is 1. The number of carbonyl (C=O) groups is 1. The number of ether oxygens (including phenoxy) is 1. The molecule has 0 aliphatic carbocycles. The van der Waals surface area contributed by atoms with Gasteiger partial charge in [0.15, 0.2) is 11.6 Å². The van der Waals surface area contributed by atoms with Gasteiger partial charge in [-0.3, -0.25) is 14.1 Å². The molecule has 0 amide bonds. The molecule has 3 aromatic rings. The lowest BCUT2D eigenvalue weighted by Crippen LogP contribution is -2.31. The highest BCUT2D eigenvalue weighted by molar-refractivity contribution is 7.93. The number of aromatic nitrogens is 6. The number of halogens is 1. The van der Waals surface area contributed by atoms with Gasteiger partial charge in [-0.2, -0.15) is 0 Å². The maximum atomic E-state index is 13.2. The van der Waals surface area contributed by atoms with E-state index >= 15 is 0 Å². The Balaban J connectivity index is 1.96. The number of pyridine rings is 1. The number of nitrogens with one attached hydrogen (secondary N) is 1. The van der Waals surface area contributed by atoms with Crippen molar-refractivity contribution in [2.75, 3.05) is 11.8 Å². The monoisotopic (exact) mass is 506 g/mol. The lowest BCUT2D eigenvalue weighted by atomic mass is 10.1. The van der Waals surface area contributed by atoms with Crippen molar-refractivity contribution < 1.29 is 17.9 Å². The van der Waals surface area contributed by atoms with Crippen molar-refractivity contribution in [3.8, 4) is 17.4 Å². The number of allylic oxidation sites excluding steroid dienone is 1. The summed E-state index contributed by atoms with van der Waals surface area (Å²) in [6, 6.07) is 4.95. The van der Waals surface area contributed by atoms with Crippen LogP contribution in [0.4, 0.5) is 5.95 Å². The fourth-order valence-electron chi connectivity index (χ4n) is 2.94. The summed E-state index contributed by atoms with van der Waals surface area (Å²) in [5.41, 5.74) is 5.65. The van der Waals surface area contributed by atoms with Crippen molar-refractivity contribution in [1.29, 1.82) is 0 Å². The number of hydrogen-bond acceptors (Lipinski definition) is 10. The van der Waals surface area contributed by atoms with Gasteiger partial charge in [0.05, 0.1) is 23.9 Å². The van der Waals surface area contributed by atoms with E-state index in [1.807, 2.05) is 0 Å². The summed E-state index contributed by atoms with van der Waals surface area (Å²) in [4.78, 5) is 24.8. The minimum Gasteiger partial charge on any atom is -0.481 e. The van der Waals surface area contributed by atoms with E-state index in [2.05, 4.69) is 29.9 Å². The molecule has 2 atom stereocenters. The van der Waals surface area contributed by atoms with Gasteiger partial charge in [-0.25, -0.2) is 23.4 Å². The van der Waals surface area contributed by atoms with E-state index in [9.17, 15) is 13.2 Å². The minimum absolute atomic E-state index is 0.158. The summed E-state index contributed by atoms with van der Waals surface area (Å²) in [7, 11) is -2.55. The first-order chi connectivity index (χ1) is 16.2. The standard InChI is InChI=1S/C20H23ClN8O4S/c1-12(18-23-9-14(21)10-24-18)13(2)34(31,32)28-20-27-26-19(29(20)11-15(30)7-8-22)16-5-4-6-17(25-16)33-3/h4-10,12-13H,11,22H2,1-3H3,(H,27,28)/t12-,13-/m0/s1. The fourth-order valence-corrected chi connectivity index (χ4v) is 4.29. The molecule has 3 rings (SSSR count). The summed E-state index contributed by atoms with van der Waals surface area (Å²) >= 11 is 5.82. The Morgan fingerprint density at radius 2 is 1.97 bits per heavy atom. The van der Waals surface area contributed by atoms with Crippen molar-refractivity contribution in [3.05, 3.63) is 53.7 Å². The van der Waals surface area contributed by atoms with E-state index < -0.39 is 27.0 Å². The SMILES string of the molecule is COc1cccc(-c2nnc(NS(=O)(=O)[C@@H](C)[C@H](C)c3ncc(Cl)cn3)n2CC(=O)C=CN)n1. The van der Waals surface area contributed by atoms with Gasteiger partial charge in [0.25, 0.3) is 0 Å². The lowest BCUT2D eigenvalue weighted by Gasteiger charge is -2.20. The molecule has 3 N–H and O–H groups in total. The van der Waals surface area contributed by atoms with E-state index in [0.29, 0.717) is 22.4 Å². The Morgan fingerprint density at radius 3 is 2.62 bits per heavy atom. The van der Waals surface area contributed by atoms with Crippen LogP contribution in [0.2, 0.25) is 5.02 Å². The molecule has 0 saturated carbocycles. The van der Waals surface area contributed by atoms with Crippen molar-refractivity contribution in [3.63, 3.8) is 0 Å². The number of sulfonamides is 1. The molecule has 34 heavy (non-hydrogen) atoms. The van der Waals surface area contributed by atoms with Gasteiger partial charge in [0.1, 0.15) is 11.5 Å². The molecule has 0 radical (unpaired) electrons. The van der Waals surface area contributed by atoms with Crippen molar-refractivity contribution in [2.24, 2.45) is 5.73 Å². The molecule has 3 heterocycles. The predicted molar refractivity (Wildman–Crippen MR) is 126 cm³/mol. The zero-order chi connectivity index (χ0) is 24.9. The van der Waals surface area contributed by atoms with E-state index in [1.54, 1.807) is 25.1 Å². The van der Waals surface area contributed by atoms with Gasteiger partial charge in [0.2, 0.25) is 21.9 Å². The second-order valence-electron chi connectivity index (χ2n) is 7.22. The van der Waals surface area contributed by atoms with Gasteiger partial charge in [-0.05, 0) is 25.3 Å². The van der Waals surface area contributed by atoms with Crippen LogP contribution in [-0.4, -0.2) is 56.3 Å². The van der Waals surface area contributed by atoms with Crippen LogP contribution in [0.3, 0.4) is 0 Å². The van der Waals surface area contributed by atoms with Crippen LogP contribution in [0, 0.1) is 0 Å². The molecule has 180 valence electrons. The van der Waals surface area contributed by atoms with Gasteiger partial charge in [-0.1, -0.05) is 24.6 Å². The highest BCUT2D eigenvalue weighted by Gasteiger charge is 2.31. The Bertz CT molecular complexity index is 1290. The second kappa shape index (κ2) is 10.6. The van der Waals surface area contributed by atoms with Crippen LogP contribution in [0.1, 0.15) is 25.6 Å². The van der Waals surface area contributed by atoms with E-state index in [-0.39, 0.29) is 18.3 Å².